The van der Waals surface area contributed by atoms with E-state index in [4.69, 9.17) is 10.5 Å². The molecule has 0 saturated carbocycles. The summed E-state index contributed by atoms with van der Waals surface area (Å²) in [5.41, 5.74) is 8.53. The van der Waals surface area contributed by atoms with Gasteiger partial charge in [0.05, 0.1) is 13.3 Å². The molecule has 0 amide bonds. The first-order valence-corrected chi connectivity index (χ1v) is 6.18. The Kier molecular flexibility index (Phi) is 2.90. The van der Waals surface area contributed by atoms with Gasteiger partial charge in [0, 0.05) is 18.1 Å². The standard InChI is InChI=1S/C14H15N5O/c1-9-7-10(20-2)3-4-11(9)17-13-14-16-5-6-19(14)8-12(15)18-13/h3-8H,15H2,1-2H3,(H,17,18). The normalized spacial score (nSPS) is 10.7. The SMILES string of the molecule is COc1ccc(Nc2nc(N)cn3ccnc23)c(C)c1. The molecule has 0 aliphatic heterocycles. The largest absolute Gasteiger partial charge is 0.497 e. The fraction of sp³-hybridized carbons (Fsp3) is 0.143. The van der Waals surface area contributed by atoms with Gasteiger partial charge in [0.15, 0.2) is 11.5 Å². The molecule has 3 aromatic rings. The third kappa shape index (κ3) is 2.11. The first-order valence-electron chi connectivity index (χ1n) is 6.18. The van der Waals surface area contributed by atoms with E-state index in [1.807, 2.05) is 35.7 Å². The summed E-state index contributed by atoms with van der Waals surface area (Å²) in [6.45, 7) is 2.00. The molecular weight excluding hydrogens is 254 g/mol. The molecule has 0 unspecified atom stereocenters. The molecule has 3 N–H and O–H groups in total. The molecular formula is C14H15N5O. The molecule has 2 heterocycles. The van der Waals surface area contributed by atoms with Crippen LogP contribution in [0.2, 0.25) is 0 Å². The van der Waals surface area contributed by atoms with E-state index < -0.39 is 0 Å². The first kappa shape index (κ1) is 12.3. The van der Waals surface area contributed by atoms with E-state index in [1.165, 1.54) is 0 Å². The van der Waals surface area contributed by atoms with Gasteiger partial charge in [-0.25, -0.2) is 9.97 Å². The van der Waals surface area contributed by atoms with E-state index in [0.29, 0.717) is 11.6 Å². The number of aromatic nitrogens is 3. The van der Waals surface area contributed by atoms with Crippen LogP contribution in [0, 0.1) is 6.92 Å². The van der Waals surface area contributed by atoms with Crippen LogP contribution in [0.1, 0.15) is 5.56 Å². The van der Waals surface area contributed by atoms with Crippen LogP contribution in [0.25, 0.3) is 5.65 Å². The lowest BCUT2D eigenvalue weighted by molar-refractivity contribution is 0.414. The minimum Gasteiger partial charge on any atom is -0.497 e. The lowest BCUT2D eigenvalue weighted by Gasteiger charge is -2.11. The molecule has 6 nitrogen and oxygen atoms in total. The molecule has 2 aromatic heterocycles. The van der Waals surface area contributed by atoms with Gasteiger partial charge in [-0.15, -0.1) is 0 Å². The number of nitrogen functional groups attached to an aromatic ring is 1. The average Bonchev–Trinajstić information content (AvgIpc) is 2.89. The summed E-state index contributed by atoms with van der Waals surface area (Å²) in [7, 11) is 1.65. The van der Waals surface area contributed by atoms with Crippen LogP contribution in [-0.2, 0) is 0 Å². The Balaban J connectivity index is 2.03. The van der Waals surface area contributed by atoms with Gasteiger partial charge >= 0.3 is 0 Å². The fourth-order valence-corrected chi connectivity index (χ4v) is 2.07. The number of ether oxygens (including phenoxy) is 1. The summed E-state index contributed by atoms with van der Waals surface area (Å²) in [6.07, 6.45) is 5.27. The number of imidazole rings is 1. The van der Waals surface area contributed by atoms with Crippen molar-refractivity contribution in [3.05, 3.63) is 42.4 Å². The monoisotopic (exact) mass is 269 g/mol. The molecule has 0 radical (unpaired) electrons. The number of methoxy groups -OCH3 is 1. The molecule has 0 aliphatic rings. The van der Waals surface area contributed by atoms with Crippen LogP contribution in [0.4, 0.5) is 17.3 Å². The minimum atomic E-state index is 0.434. The maximum absolute atomic E-state index is 5.80. The summed E-state index contributed by atoms with van der Waals surface area (Å²) < 4.78 is 7.03. The summed E-state index contributed by atoms with van der Waals surface area (Å²) >= 11 is 0. The van der Waals surface area contributed by atoms with Crippen LogP contribution >= 0.6 is 0 Å². The predicted octanol–water partition coefficient (Wildman–Crippen LogP) is 2.37. The molecule has 0 aliphatic carbocycles. The van der Waals surface area contributed by atoms with Gasteiger partial charge in [-0.05, 0) is 30.7 Å². The Labute approximate surface area is 116 Å². The highest BCUT2D eigenvalue weighted by Gasteiger charge is 2.08. The molecule has 3 rings (SSSR count). The van der Waals surface area contributed by atoms with Crippen LogP contribution < -0.4 is 15.8 Å². The number of benzene rings is 1. The van der Waals surface area contributed by atoms with Crippen LogP contribution in [0.5, 0.6) is 5.75 Å². The van der Waals surface area contributed by atoms with Crippen molar-refractivity contribution >= 4 is 23.0 Å². The zero-order chi connectivity index (χ0) is 14.1. The molecule has 0 saturated heterocycles. The predicted molar refractivity (Wildman–Crippen MR) is 78.4 cm³/mol. The van der Waals surface area contributed by atoms with E-state index >= 15 is 0 Å². The van der Waals surface area contributed by atoms with Crippen molar-refractivity contribution in [1.82, 2.24) is 14.4 Å². The lowest BCUT2D eigenvalue weighted by Crippen LogP contribution is -2.03. The second-order valence-electron chi connectivity index (χ2n) is 4.48. The van der Waals surface area contributed by atoms with Crippen molar-refractivity contribution in [2.75, 3.05) is 18.2 Å². The number of anilines is 3. The number of fused-ring (bicyclic) bond motifs is 1. The van der Waals surface area contributed by atoms with Crippen molar-refractivity contribution in [3.8, 4) is 5.75 Å². The van der Waals surface area contributed by atoms with Crippen molar-refractivity contribution in [3.63, 3.8) is 0 Å². The second kappa shape index (κ2) is 4.73. The number of rotatable bonds is 3. The van der Waals surface area contributed by atoms with E-state index in [-0.39, 0.29) is 0 Å². The molecule has 0 bridgehead atoms. The quantitative estimate of drug-likeness (QED) is 0.763. The lowest BCUT2D eigenvalue weighted by atomic mass is 10.2. The highest BCUT2D eigenvalue weighted by Crippen LogP contribution is 2.25. The van der Waals surface area contributed by atoms with E-state index in [0.717, 1.165) is 22.6 Å². The maximum Gasteiger partial charge on any atom is 0.180 e. The molecule has 1 aromatic carbocycles. The van der Waals surface area contributed by atoms with Gasteiger partial charge in [0.25, 0.3) is 0 Å². The third-order valence-electron chi connectivity index (χ3n) is 3.08. The van der Waals surface area contributed by atoms with Gasteiger partial charge in [-0.1, -0.05) is 0 Å². The Morgan fingerprint density at radius 3 is 2.95 bits per heavy atom. The first-order chi connectivity index (χ1) is 9.67. The molecule has 6 heteroatoms. The van der Waals surface area contributed by atoms with Crippen LogP contribution in [0.3, 0.4) is 0 Å². The van der Waals surface area contributed by atoms with Crippen molar-refractivity contribution in [2.45, 2.75) is 6.92 Å². The van der Waals surface area contributed by atoms with Crippen LogP contribution in [0.15, 0.2) is 36.8 Å². The number of hydrogen-bond donors (Lipinski definition) is 2. The molecule has 102 valence electrons. The van der Waals surface area contributed by atoms with E-state index in [2.05, 4.69) is 15.3 Å². The van der Waals surface area contributed by atoms with Crippen molar-refractivity contribution < 1.29 is 4.74 Å². The Morgan fingerprint density at radius 1 is 1.35 bits per heavy atom. The van der Waals surface area contributed by atoms with Gasteiger partial charge in [0.1, 0.15) is 11.6 Å². The minimum absolute atomic E-state index is 0.434. The Hall–Kier alpha value is -2.76. The Bertz CT molecular complexity index is 765. The zero-order valence-electron chi connectivity index (χ0n) is 11.3. The molecule has 0 fully saturated rings. The number of nitrogens with one attached hydrogen (secondary N) is 1. The van der Waals surface area contributed by atoms with Gasteiger partial charge in [-0.2, -0.15) is 0 Å². The highest BCUT2D eigenvalue weighted by molar-refractivity contribution is 5.73. The maximum atomic E-state index is 5.80. The van der Waals surface area contributed by atoms with Gasteiger partial charge < -0.3 is 20.2 Å². The molecule has 20 heavy (non-hydrogen) atoms. The van der Waals surface area contributed by atoms with Crippen molar-refractivity contribution in [2.24, 2.45) is 0 Å². The molecule has 0 spiro atoms. The van der Waals surface area contributed by atoms with E-state index in [1.54, 1.807) is 19.5 Å². The third-order valence-corrected chi connectivity index (χ3v) is 3.08. The fourth-order valence-electron chi connectivity index (χ4n) is 2.07. The molecule has 0 atom stereocenters. The smallest absolute Gasteiger partial charge is 0.180 e. The average molecular weight is 269 g/mol. The van der Waals surface area contributed by atoms with Gasteiger partial charge in [0.2, 0.25) is 0 Å². The van der Waals surface area contributed by atoms with Gasteiger partial charge in [-0.3, -0.25) is 0 Å². The number of hydrogen-bond acceptors (Lipinski definition) is 5. The summed E-state index contributed by atoms with van der Waals surface area (Å²) in [5, 5.41) is 3.26. The van der Waals surface area contributed by atoms with Crippen molar-refractivity contribution in [1.29, 1.82) is 0 Å². The van der Waals surface area contributed by atoms with E-state index in [9.17, 15) is 0 Å². The summed E-state index contributed by atoms with van der Waals surface area (Å²) in [6, 6.07) is 5.79. The topological polar surface area (TPSA) is 77.5 Å². The highest BCUT2D eigenvalue weighted by atomic mass is 16.5. The zero-order valence-corrected chi connectivity index (χ0v) is 11.3. The Morgan fingerprint density at radius 2 is 2.20 bits per heavy atom. The summed E-state index contributed by atoms with van der Waals surface area (Å²) in [5.74, 6) is 1.88. The summed E-state index contributed by atoms with van der Waals surface area (Å²) in [4.78, 5) is 8.58. The number of nitrogens with zero attached hydrogens (tertiary/aromatic N) is 3. The number of nitrogens with two attached hydrogens (primary N) is 1. The number of aryl methyl sites for hydroxylation is 1. The van der Waals surface area contributed by atoms with Crippen LogP contribution in [-0.4, -0.2) is 21.5 Å². The second-order valence-corrected chi connectivity index (χ2v) is 4.48.